The van der Waals surface area contributed by atoms with E-state index in [1.165, 1.54) is 11.3 Å². The molecule has 0 saturated heterocycles. The Labute approximate surface area is 153 Å². The summed E-state index contributed by atoms with van der Waals surface area (Å²) in [5.41, 5.74) is 8.21. The quantitative estimate of drug-likeness (QED) is 0.653. The van der Waals surface area contributed by atoms with Gasteiger partial charge >= 0.3 is 6.03 Å². The predicted molar refractivity (Wildman–Crippen MR) is 102 cm³/mol. The molecule has 0 aliphatic carbocycles. The number of primary amides is 1. The van der Waals surface area contributed by atoms with Crippen molar-refractivity contribution in [2.24, 2.45) is 5.73 Å². The molecule has 1 aliphatic rings. The summed E-state index contributed by atoms with van der Waals surface area (Å²) < 4.78 is 5.74. The first kappa shape index (κ1) is 16.2. The second-order valence-electron chi connectivity index (χ2n) is 5.77. The smallest absolute Gasteiger partial charge is 0.316 e. The number of anilines is 2. The molecule has 4 N–H and O–H groups in total. The molecule has 1 aromatic heterocycles. The number of amides is 3. The topological polar surface area (TPSA) is 93.5 Å². The molecule has 3 amide bonds. The summed E-state index contributed by atoms with van der Waals surface area (Å²) in [6.07, 6.45) is 0. The van der Waals surface area contributed by atoms with E-state index in [0.29, 0.717) is 22.9 Å². The molecule has 0 bridgehead atoms. The Morgan fingerprint density at radius 1 is 1.00 bits per heavy atom. The van der Waals surface area contributed by atoms with E-state index < -0.39 is 6.03 Å². The zero-order chi connectivity index (χ0) is 18.1. The van der Waals surface area contributed by atoms with Crippen molar-refractivity contribution >= 4 is 34.6 Å². The number of benzene rings is 2. The maximum absolute atomic E-state index is 12.6. The SMILES string of the molecule is NC(=O)Nc1cccc(NC(=O)c2cc3c(s2)-c2ccccc2OC3)c1. The second kappa shape index (κ2) is 6.53. The first-order valence-electron chi connectivity index (χ1n) is 7.93. The Morgan fingerprint density at radius 3 is 2.58 bits per heavy atom. The maximum Gasteiger partial charge on any atom is 0.316 e. The van der Waals surface area contributed by atoms with Crippen molar-refractivity contribution in [1.29, 1.82) is 0 Å². The van der Waals surface area contributed by atoms with Gasteiger partial charge in [0.15, 0.2) is 0 Å². The van der Waals surface area contributed by atoms with Gasteiger partial charge in [0.05, 0.1) is 4.88 Å². The number of thiophene rings is 1. The zero-order valence-corrected chi connectivity index (χ0v) is 14.4. The van der Waals surface area contributed by atoms with Crippen LogP contribution in [0.2, 0.25) is 0 Å². The lowest BCUT2D eigenvalue weighted by atomic mass is 10.1. The number of hydrogen-bond donors (Lipinski definition) is 3. The fraction of sp³-hybridized carbons (Fsp3) is 0.0526. The molecule has 3 aromatic rings. The number of hydrogen-bond acceptors (Lipinski definition) is 4. The average Bonchev–Trinajstić information content (AvgIpc) is 3.06. The van der Waals surface area contributed by atoms with E-state index in [4.69, 9.17) is 10.5 Å². The van der Waals surface area contributed by atoms with Gasteiger partial charge in [-0.2, -0.15) is 0 Å². The van der Waals surface area contributed by atoms with Crippen LogP contribution in [0.15, 0.2) is 54.6 Å². The third kappa shape index (κ3) is 3.12. The fourth-order valence-corrected chi connectivity index (χ4v) is 3.91. The van der Waals surface area contributed by atoms with E-state index in [2.05, 4.69) is 10.6 Å². The van der Waals surface area contributed by atoms with Crippen LogP contribution in [0, 0.1) is 0 Å². The summed E-state index contributed by atoms with van der Waals surface area (Å²) in [5, 5.41) is 5.33. The van der Waals surface area contributed by atoms with Gasteiger partial charge in [0.1, 0.15) is 12.4 Å². The van der Waals surface area contributed by atoms with E-state index >= 15 is 0 Å². The standard InChI is InChI=1S/C19H15N3O3S/c20-19(24)22-13-5-3-4-12(9-13)21-18(23)16-8-11-10-25-15-7-2-1-6-14(15)17(11)26-16/h1-9H,10H2,(H,21,23)(H3,20,22,24). The summed E-state index contributed by atoms with van der Waals surface area (Å²) in [6, 6.07) is 15.8. The molecule has 0 unspecified atom stereocenters. The highest BCUT2D eigenvalue weighted by molar-refractivity contribution is 7.17. The summed E-state index contributed by atoms with van der Waals surface area (Å²) in [4.78, 5) is 25.2. The van der Waals surface area contributed by atoms with E-state index in [9.17, 15) is 9.59 Å². The van der Waals surface area contributed by atoms with Crippen molar-refractivity contribution in [3.8, 4) is 16.2 Å². The largest absolute Gasteiger partial charge is 0.488 e. The van der Waals surface area contributed by atoms with E-state index in [0.717, 1.165) is 21.8 Å². The van der Waals surface area contributed by atoms with Crippen molar-refractivity contribution in [1.82, 2.24) is 0 Å². The number of para-hydroxylation sites is 1. The molecule has 130 valence electrons. The molecule has 0 spiro atoms. The minimum Gasteiger partial charge on any atom is -0.488 e. The van der Waals surface area contributed by atoms with Crippen LogP contribution in [0.1, 0.15) is 15.2 Å². The lowest BCUT2D eigenvalue weighted by Crippen LogP contribution is -2.19. The number of urea groups is 1. The van der Waals surface area contributed by atoms with Crippen LogP contribution in [0.3, 0.4) is 0 Å². The number of carbonyl (C=O) groups is 2. The Bertz CT molecular complexity index is 1010. The summed E-state index contributed by atoms with van der Waals surface area (Å²) >= 11 is 1.44. The highest BCUT2D eigenvalue weighted by atomic mass is 32.1. The van der Waals surface area contributed by atoms with Crippen LogP contribution < -0.4 is 21.1 Å². The van der Waals surface area contributed by atoms with Gasteiger partial charge in [-0.05, 0) is 36.4 Å². The van der Waals surface area contributed by atoms with Gasteiger partial charge in [0, 0.05) is 27.4 Å². The van der Waals surface area contributed by atoms with Gasteiger partial charge in [-0.15, -0.1) is 11.3 Å². The lowest BCUT2D eigenvalue weighted by Gasteiger charge is -2.16. The molecule has 1 aliphatic heterocycles. The number of fused-ring (bicyclic) bond motifs is 3. The van der Waals surface area contributed by atoms with E-state index in [1.54, 1.807) is 24.3 Å². The maximum atomic E-state index is 12.6. The van der Waals surface area contributed by atoms with Crippen molar-refractivity contribution < 1.29 is 14.3 Å². The molecule has 7 heteroatoms. The molecule has 4 rings (SSSR count). The third-order valence-corrected chi connectivity index (χ3v) is 5.15. The first-order valence-corrected chi connectivity index (χ1v) is 8.74. The minimum absolute atomic E-state index is 0.210. The Morgan fingerprint density at radius 2 is 1.77 bits per heavy atom. The molecule has 0 atom stereocenters. The molecular weight excluding hydrogens is 350 g/mol. The summed E-state index contributed by atoms with van der Waals surface area (Å²) in [6.45, 7) is 0.453. The van der Waals surface area contributed by atoms with Crippen LogP contribution in [-0.2, 0) is 6.61 Å². The molecule has 2 aromatic carbocycles. The monoisotopic (exact) mass is 365 g/mol. The van der Waals surface area contributed by atoms with Gasteiger partial charge in [0.2, 0.25) is 0 Å². The number of nitrogens with one attached hydrogen (secondary N) is 2. The molecule has 2 heterocycles. The van der Waals surface area contributed by atoms with Crippen LogP contribution in [0.4, 0.5) is 16.2 Å². The molecule has 26 heavy (non-hydrogen) atoms. The summed E-state index contributed by atoms with van der Waals surface area (Å²) in [5.74, 6) is 0.622. The van der Waals surface area contributed by atoms with E-state index in [-0.39, 0.29) is 5.91 Å². The number of rotatable bonds is 3. The Kier molecular flexibility index (Phi) is 4.06. The molecule has 0 radical (unpaired) electrons. The second-order valence-corrected chi connectivity index (χ2v) is 6.83. The molecule has 0 saturated carbocycles. The fourth-order valence-electron chi connectivity index (χ4n) is 2.82. The lowest BCUT2D eigenvalue weighted by molar-refractivity contribution is 0.103. The van der Waals surface area contributed by atoms with Gasteiger partial charge in [-0.25, -0.2) is 4.79 Å². The number of ether oxygens (including phenoxy) is 1. The molecule has 0 fully saturated rings. The first-order chi connectivity index (χ1) is 12.6. The van der Waals surface area contributed by atoms with Crippen LogP contribution in [-0.4, -0.2) is 11.9 Å². The van der Waals surface area contributed by atoms with Gasteiger partial charge in [-0.3, -0.25) is 4.79 Å². The Balaban J connectivity index is 1.57. The minimum atomic E-state index is -0.655. The van der Waals surface area contributed by atoms with Crippen molar-refractivity contribution in [3.05, 3.63) is 65.0 Å². The highest BCUT2D eigenvalue weighted by Crippen LogP contribution is 2.42. The van der Waals surface area contributed by atoms with Crippen LogP contribution in [0.25, 0.3) is 10.4 Å². The molecule has 6 nitrogen and oxygen atoms in total. The van der Waals surface area contributed by atoms with Crippen molar-refractivity contribution in [3.63, 3.8) is 0 Å². The zero-order valence-electron chi connectivity index (χ0n) is 13.6. The highest BCUT2D eigenvalue weighted by Gasteiger charge is 2.22. The van der Waals surface area contributed by atoms with Gasteiger partial charge < -0.3 is 21.1 Å². The number of nitrogens with two attached hydrogens (primary N) is 1. The molecular formula is C19H15N3O3S. The van der Waals surface area contributed by atoms with E-state index in [1.807, 2.05) is 30.3 Å². The average molecular weight is 365 g/mol. The van der Waals surface area contributed by atoms with Crippen LogP contribution in [0.5, 0.6) is 5.75 Å². The predicted octanol–water partition coefficient (Wildman–Crippen LogP) is 4.05. The van der Waals surface area contributed by atoms with Gasteiger partial charge in [0.25, 0.3) is 5.91 Å². The summed E-state index contributed by atoms with van der Waals surface area (Å²) in [7, 11) is 0. The van der Waals surface area contributed by atoms with Crippen LogP contribution >= 0.6 is 11.3 Å². The third-order valence-electron chi connectivity index (χ3n) is 3.94. The van der Waals surface area contributed by atoms with Gasteiger partial charge in [-0.1, -0.05) is 18.2 Å². The number of carbonyl (C=O) groups excluding carboxylic acids is 2. The Hall–Kier alpha value is -3.32. The van der Waals surface area contributed by atoms with Crippen molar-refractivity contribution in [2.45, 2.75) is 6.61 Å². The normalized spacial score (nSPS) is 11.7. The van der Waals surface area contributed by atoms with Crippen molar-refractivity contribution in [2.75, 3.05) is 10.6 Å².